The van der Waals surface area contributed by atoms with Crippen LogP contribution >= 0.6 is 0 Å². The van der Waals surface area contributed by atoms with E-state index in [-0.39, 0.29) is 5.95 Å². The van der Waals surface area contributed by atoms with Gasteiger partial charge in [0.25, 0.3) is 0 Å². The van der Waals surface area contributed by atoms with Crippen LogP contribution in [-0.4, -0.2) is 9.97 Å². The second kappa shape index (κ2) is 5.30. The Morgan fingerprint density at radius 3 is 2.47 bits per heavy atom. The van der Waals surface area contributed by atoms with E-state index in [1.54, 1.807) is 0 Å². The Morgan fingerprint density at radius 2 is 1.93 bits per heavy atom. The van der Waals surface area contributed by atoms with Crippen molar-refractivity contribution in [3.05, 3.63) is 17.0 Å². The first kappa shape index (κ1) is 11.4. The lowest BCUT2D eigenvalue weighted by atomic mass is 10.1. The van der Waals surface area contributed by atoms with Gasteiger partial charge in [-0.2, -0.15) is 5.26 Å². The van der Waals surface area contributed by atoms with Crippen LogP contribution in [0.25, 0.3) is 0 Å². The fourth-order valence-corrected chi connectivity index (χ4v) is 1.49. The topological polar surface area (TPSA) is 75.6 Å². The smallest absolute Gasteiger partial charge is 0.220 e. The molecule has 0 saturated heterocycles. The maximum Gasteiger partial charge on any atom is 0.220 e. The van der Waals surface area contributed by atoms with Crippen molar-refractivity contribution in [1.82, 2.24) is 9.97 Å². The minimum Gasteiger partial charge on any atom is -0.368 e. The van der Waals surface area contributed by atoms with Gasteiger partial charge in [0, 0.05) is 0 Å². The van der Waals surface area contributed by atoms with E-state index < -0.39 is 0 Å². The van der Waals surface area contributed by atoms with Gasteiger partial charge in [-0.05, 0) is 19.3 Å². The zero-order chi connectivity index (χ0) is 11.3. The molecule has 2 N–H and O–H groups in total. The number of rotatable bonds is 4. The Labute approximate surface area is 90.2 Å². The molecule has 0 aliphatic carbocycles. The Balaban J connectivity index is 3.12. The Morgan fingerprint density at radius 1 is 1.27 bits per heavy atom. The molecule has 80 valence electrons. The average Bonchev–Trinajstić information content (AvgIpc) is 2.25. The summed E-state index contributed by atoms with van der Waals surface area (Å²) < 4.78 is 0. The van der Waals surface area contributed by atoms with Crippen LogP contribution in [0.15, 0.2) is 0 Å². The molecule has 15 heavy (non-hydrogen) atoms. The number of nitrogen functional groups attached to an aromatic ring is 1. The summed E-state index contributed by atoms with van der Waals surface area (Å²) >= 11 is 0. The van der Waals surface area contributed by atoms with Crippen LogP contribution in [0.2, 0.25) is 0 Å². The summed E-state index contributed by atoms with van der Waals surface area (Å²) in [6, 6.07) is 2.17. The molecule has 0 aliphatic rings. The predicted octanol–water partition coefficient (Wildman–Crippen LogP) is 1.84. The standard InChI is InChI=1S/C11H16N4/c1-3-5-6-10-8(7-12)9(4-2)14-11(13)15-10/h3-6H2,1-2H3,(H2,13,14,15). The molecule has 0 aliphatic heterocycles. The summed E-state index contributed by atoms with van der Waals surface area (Å²) in [5.74, 6) is 0.275. The zero-order valence-corrected chi connectivity index (χ0v) is 9.25. The van der Waals surface area contributed by atoms with Crippen molar-refractivity contribution in [1.29, 1.82) is 5.26 Å². The fraction of sp³-hybridized carbons (Fsp3) is 0.545. The monoisotopic (exact) mass is 204 g/mol. The fourth-order valence-electron chi connectivity index (χ4n) is 1.49. The van der Waals surface area contributed by atoms with E-state index >= 15 is 0 Å². The highest BCUT2D eigenvalue weighted by molar-refractivity contribution is 5.41. The second-order valence-corrected chi connectivity index (χ2v) is 3.42. The van der Waals surface area contributed by atoms with Gasteiger partial charge in [0.2, 0.25) is 5.95 Å². The summed E-state index contributed by atoms with van der Waals surface area (Å²) in [5.41, 5.74) is 7.77. The molecule has 0 bridgehead atoms. The van der Waals surface area contributed by atoms with Crippen molar-refractivity contribution in [2.24, 2.45) is 0 Å². The van der Waals surface area contributed by atoms with E-state index in [4.69, 9.17) is 11.0 Å². The average molecular weight is 204 g/mol. The number of nitriles is 1. The van der Waals surface area contributed by atoms with Crippen LogP contribution in [0, 0.1) is 11.3 Å². The lowest BCUT2D eigenvalue weighted by Gasteiger charge is -2.07. The molecule has 1 rings (SSSR count). The Hall–Kier alpha value is -1.63. The van der Waals surface area contributed by atoms with Gasteiger partial charge in [-0.25, -0.2) is 9.97 Å². The molecule has 0 unspecified atom stereocenters. The van der Waals surface area contributed by atoms with E-state index in [1.807, 2.05) is 6.92 Å². The van der Waals surface area contributed by atoms with Crippen LogP contribution in [0.1, 0.15) is 43.6 Å². The summed E-state index contributed by atoms with van der Waals surface area (Å²) in [5, 5.41) is 9.05. The number of aromatic nitrogens is 2. The molecule has 4 heteroatoms. The van der Waals surface area contributed by atoms with Crippen molar-refractivity contribution in [3.63, 3.8) is 0 Å². The highest BCUT2D eigenvalue weighted by atomic mass is 15.0. The third-order valence-corrected chi connectivity index (χ3v) is 2.29. The van der Waals surface area contributed by atoms with Gasteiger partial charge >= 0.3 is 0 Å². The van der Waals surface area contributed by atoms with Gasteiger partial charge in [-0.1, -0.05) is 20.3 Å². The first-order valence-electron chi connectivity index (χ1n) is 5.28. The van der Waals surface area contributed by atoms with Gasteiger partial charge in [0.1, 0.15) is 6.07 Å². The lowest BCUT2D eigenvalue weighted by Crippen LogP contribution is -2.07. The summed E-state index contributed by atoms with van der Waals surface area (Å²) in [6.45, 7) is 4.07. The molecule has 0 fully saturated rings. The molecule has 0 amide bonds. The molecule has 0 spiro atoms. The Bertz CT molecular complexity index is 379. The largest absolute Gasteiger partial charge is 0.368 e. The number of nitrogens with zero attached hydrogens (tertiary/aromatic N) is 3. The minimum atomic E-state index is 0.275. The third-order valence-electron chi connectivity index (χ3n) is 2.29. The van der Waals surface area contributed by atoms with Crippen molar-refractivity contribution < 1.29 is 0 Å². The van der Waals surface area contributed by atoms with E-state index in [1.165, 1.54) is 0 Å². The molecule has 0 aromatic carbocycles. The van der Waals surface area contributed by atoms with Gasteiger partial charge in [0.15, 0.2) is 0 Å². The van der Waals surface area contributed by atoms with Gasteiger partial charge in [-0.3, -0.25) is 0 Å². The van der Waals surface area contributed by atoms with E-state index in [9.17, 15) is 0 Å². The van der Waals surface area contributed by atoms with Crippen LogP contribution in [0.3, 0.4) is 0 Å². The maximum absolute atomic E-state index is 9.05. The van der Waals surface area contributed by atoms with Gasteiger partial charge in [0.05, 0.1) is 17.0 Å². The van der Waals surface area contributed by atoms with Crippen molar-refractivity contribution in [2.45, 2.75) is 39.5 Å². The molecule has 1 heterocycles. The first-order chi connectivity index (χ1) is 7.22. The summed E-state index contributed by atoms with van der Waals surface area (Å²) in [7, 11) is 0. The molecule has 1 aromatic rings. The van der Waals surface area contributed by atoms with Crippen LogP contribution in [-0.2, 0) is 12.8 Å². The van der Waals surface area contributed by atoms with E-state index in [0.717, 1.165) is 37.1 Å². The quantitative estimate of drug-likeness (QED) is 0.811. The van der Waals surface area contributed by atoms with E-state index in [0.29, 0.717) is 5.56 Å². The zero-order valence-electron chi connectivity index (χ0n) is 9.25. The first-order valence-corrected chi connectivity index (χ1v) is 5.28. The van der Waals surface area contributed by atoms with Crippen LogP contribution in [0.5, 0.6) is 0 Å². The van der Waals surface area contributed by atoms with Gasteiger partial charge < -0.3 is 5.73 Å². The molecule has 0 radical (unpaired) electrons. The lowest BCUT2D eigenvalue weighted by molar-refractivity contribution is 0.768. The third kappa shape index (κ3) is 2.66. The van der Waals surface area contributed by atoms with Crippen molar-refractivity contribution >= 4 is 5.95 Å². The number of unbranched alkanes of at least 4 members (excludes halogenated alkanes) is 1. The molecular formula is C11H16N4. The highest BCUT2D eigenvalue weighted by Crippen LogP contribution is 2.14. The molecular weight excluding hydrogens is 188 g/mol. The highest BCUT2D eigenvalue weighted by Gasteiger charge is 2.11. The van der Waals surface area contributed by atoms with Crippen LogP contribution in [0.4, 0.5) is 5.95 Å². The molecule has 4 nitrogen and oxygen atoms in total. The number of anilines is 1. The predicted molar refractivity (Wildman–Crippen MR) is 59.1 cm³/mol. The maximum atomic E-state index is 9.05. The van der Waals surface area contributed by atoms with E-state index in [2.05, 4.69) is 23.0 Å². The number of hydrogen-bond acceptors (Lipinski definition) is 4. The summed E-state index contributed by atoms with van der Waals surface area (Å²) in [6.07, 6.45) is 3.62. The molecule has 1 aromatic heterocycles. The minimum absolute atomic E-state index is 0.275. The number of aryl methyl sites for hydroxylation is 2. The van der Waals surface area contributed by atoms with Gasteiger partial charge in [-0.15, -0.1) is 0 Å². The SMILES string of the molecule is CCCCc1nc(N)nc(CC)c1C#N. The van der Waals surface area contributed by atoms with Crippen LogP contribution < -0.4 is 5.73 Å². The normalized spacial score (nSPS) is 9.93. The van der Waals surface area contributed by atoms with Crippen molar-refractivity contribution in [3.8, 4) is 6.07 Å². The Kier molecular flexibility index (Phi) is 4.04. The molecule has 0 saturated carbocycles. The number of nitrogens with two attached hydrogens (primary N) is 1. The second-order valence-electron chi connectivity index (χ2n) is 3.42. The molecule has 0 atom stereocenters. The summed E-state index contributed by atoms with van der Waals surface area (Å²) in [4.78, 5) is 8.21. The number of hydrogen-bond donors (Lipinski definition) is 1. The van der Waals surface area contributed by atoms with Crippen molar-refractivity contribution in [2.75, 3.05) is 5.73 Å².